The van der Waals surface area contributed by atoms with Crippen molar-refractivity contribution in [1.82, 2.24) is 9.97 Å². The van der Waals surface area contributed by atoms with Crippen LogP contribution >= 0.6 is 46.0 Å². The molecule has 0 unspecified atom stereocenters. The zero-order valence-electron chi connectivity index (χ0n) is 15.8. The standard InChI is InChI=1S/C21H16ClN3O2S3/c1-27-16-8-4-14(5-9-16)17-10-28-20(23-17)25-19(26)12-30-21-24-18(11-29-21)13-2-6-15(22)7-3-13/h2-11H,12H2,1H3,(H,23,25,26). The van der Waals surface area contributed by atoms with Crippen LogP contribution in [0.2, 0.25) is 5.02 Å². The number of thiazole rings is 2. The van der Waals surface area contributed by atoms with Gasteiger partial charge in [0.25, 0.3) is 0 Å². The third-order valence-corrected chi connectivity index (χ3v) is 7.12. The van der Waals surface area contributed by atoms with Gasteiger partial charge < -0.3 is 10.1 Å². The predicted molar refractivity (Wildman–Crippen MR) is 126 cm³/mol. The zero-order valence-corrected chi connectivity index (χ0v) is 19.0. The van der Waals surface area contributed by atoms with Gasteiger partial charge in [0, 0.05) is 26.9 Å². The van der Waals surface area contributed by atoms with Crippen molar-refractivity contribution in [3.8, 4) is 28.3 Å². The van der Waals surface area contributed by atoms with E-state index in [1.54, 1.807) is 7.11 Å². The van der Waals surface area contributed by atoms with E-state index in [0.29, 0.717) is 10.2 Å². The molecule has 2 aromatic heterocycles. The maximum absolute atomic E-state index is 12.3. The summed E-state index contributed by atoms with van der Waals surface area (Å²) in [7, 11) is 1.63. The Kier molecular flexibility index (Phi) is 6.69. The van der Waals surface area contributed by atoms with Crippen molar-refractivity contribution < 1.29 is 9.53 Å². The zero-order chi connectivity index (χ0) is 20.9. The second-order valence-electron chi connectivity index (χ2n) is 6.11. The van der Waals surface area contributed by atoms with Crippen LogP contribution in [0.3, 0.4) is 0 Å². The van der Waals surface area contributed by atoms with Crippen molar-refractivity contribution in [3.05, 3.63) is 64.3 Å². The molecule has 2 heterocycles. The SMILES string of the molecule is COc1ccc(-c2csc(NC(=O)CSc3nc(-c4ccc(Cl)cc4)cs3)n2)cc1. The van der Waals surface area contributed by atoms with Crippen molar-refractivity contribution in [2.45, 2.75) is 4.34 Å². The Hall–Kier alpha value is -2.39. The van der Waals surface area contributed by atoms with Crippen LogP contribution in [0.4, 0.5) is 5.13 Å². The molecular weight excluding hydrogens is 458 g/mol. The van der Waals surface area contributed by atoms with E-state index in [0.717, 1.165) is 32.6 Å². The van der Waals surface area contributed by atoms with Crippen LogP contribution in [0.5, 0.6) is 5.75 Å². The summed E-state index contributed by atoms with van der Waals surface area (Å²) >= 11 is 10.3. The van der Waals surface area contributed by atoms with Crippen molar-refractivity contribution in [2.24, 2.45) is 0 Å². The van der Waals surface area contributed by atoms with E-state index in [-0.39, 0.29) is 11.7 Å². The predicted octanol–water partition coefficient (Wildman–Crippen LogP) is 6.33. The third-order valence-electron chi connectivity index (χ3n) is 4.09. The van der Waals surface area contributed by atoms with Crippen LogP contribution in [0.25, 0.3) is 22.5 Å². The number of nitrogens with one attached hydrogen (secondary N) is 1. The Morgan fingerprint density at radius 3 is 2.33 bits per heavy atom. The lowest BCUT2D eigenvalue weighted by atomic mass is 10.2. The smallest absolute Gasteiger partial charge is 0.236 e. The van der Waals surface area contributed by atoms with E-state index in [1.807, 2.05) is 59.3 Å². The molecule has 0 aliphatic carbocycles. The largest absolute Gasteiger partial charge is 0.497 e. The fourth-order valence-electron chi connectivity index (χ4n) is 2.58. The number of amides is 1. The average Bonchev–Trinajstić information content (AvgIpc) is 3.43. The van der Waals surface area contributed by atoms with Gasteiger partial charge in [0.1, 0.15) is 5.75 Å². The summed E-state index contributed by atoms with van der Waals surface area (Å²) in [5.74, 6) is 0.949. The minimum atomic E-state index is -0.112. The Balaban J connectivity index is 1.32. The number of anilines is 1. The Morgan fingerprint density at radius 1 is 1.00 bits per heavy atom. The second-order valence-corrected chi connectivity index (χ2v) is 9.48. The molecule has 0 radical (unpaired) electrons. The molecule has 9 heteroatoms. The van der Waals surface area contributed by atoms with Crippen molar-refractivity contribution in [3.63, 3.8) is 0 Å². The van der Waals surface area contributed by atoms with Crippen molar-refractivity contribution >= 4 is 57.1 Å². The summed E-state index contributed by atoms with van der Waals surface area (Å²) < 4.78 is 6.01. The monoisotopic (exact) mass is 473 g/mol. The number of aromatic nitrogens is 2. The van der Waals surface area contributed by atoms with Gasteiger partial charge in [-0.25, -0.2) is 9.97 Å². The van der Waals surface area contributed by atoms with Crippen molar-refractivity contribution in [1.29, 1.82) is 0 Å². The molecule has 4 rings (SSSR count). The second kappa shape index (κ2) is 9.61. The van der Waals surface area contributed by atoms with Gasteiger partial charge in [0.15, 0.2) is 9.47 Å². The minimum Gasteiger partial charge on any atom is -0.497 e. The summed E-state index contributed by atoms with van der Waals surface area (Å²) in [6, 6.07) is 15.2. The summed E-state index contributed by atoms with van der Waals surface area (Å²) in [5, 5.41) is 8.02. The number of carbonyl (C=O) groups is 1. The number of carbonyl (C=O) groups excluding carboxylic acids is 1. The number of hydrogen-bond donors (Lipinski definition) is 1. The molecule has 0 spiro atoms. The van der Waals surface area contributed by atoms with Crippen LogP contribution < -0.4 is 10.1 Å². The molecule has 30 heavy (non-hydrogen) atoms. The Labute approximate surface area is 191 Å². The first kappa shape index (κ1) is 20.9. The van der Waals surface area contributed by atoms with E-state index in [4.69, 9.17) is 16.3 Å². The van der Waals surface area contributed by atoms with E-state index in [9.17, 15) is 4.79 Å². The number of benzene rings is 2. The molecule has 0 saturated carbocycles. The highest BCUT2D eigenvalue weighted by molar-refractivity contribution is 8.01. The lowest BCUT2D eigenvalue weighted by Gasteiger charge is -2.01. The van der Waals surface area contributed by atoms with Gasteiger partial charge in [-0.3, -0.25) is 4.79 Å². The Morgan fingerprint density at radius 2 is 1.63 bits per heavy atom. The fourth-order valence-corrected chi connectivity index (χ4v) is 5.08. The average molecular weight is 474 g/mol. The lowest BCUT2D eigenvalue weighted by molar-refractivity contribution is -0.113. The van der Waals surface area contributed by atoms with Crippen molar-refractivity contribution in [2.75, 3.05) is 18.2 Å². The Bertz CT molecular complexity index is 1140. The summed E-state index contributed by atoms with van der Waals surface area (Å²) in [6.45, 7) is 0. The lowest BCUT2D eigenvalue weighted by Crippen LogP contribution is -2.13. The molecule has 0 fully saturated rings. The van der Waals surface area contributed by atoms with Crippen LogP contribution in [0.1, 0.15) is 0 Å². The minimum absolute atomic E-state index is 0.112. The molecule has 0 aliphatic rings. The van der Waals surface area contributed by atoms with Crippen LogP contribution in [0.15, 0.2) is 63.6 Å². The molecule has 0 saturated heterocycles. The van der Waals surface area contributed by atoms with E-state index in [1.165, 1.54) is 34.4 Å². The number of methoxy groups -OCH3 is 1. The summed E-state index contributed by atoms with van der Waals surface area (Å²) in [4.78, 5) is 21.4. The summed E-state index contributed by atoms with van der Waals surface area (Å²) in [5.41, 5.74) is 3.67. The number of thioether (sulfide) groups is 1. The normalized spacial score (nSPS) is 10.7. The highest BCUT2D eigenvalue weighted by Crippen LogP contribution is 2.30. The fraction of sp³-hybridized carbons (Fsp3) is 0.0952. The molecule has 2 aromatic carbocycles. The van der Waals surface area contributed by atoms with Gasteiger partial charge in [-0.05, 0) is 36.4 Å². The number of rotatable bonds is 7. The van der Waals surface area contributed by atoms with Gasteiger partial charge in [-0.15, -0.1) is 22.7 Å². The van der Waals surface area contributed by atoms with Crippen LogP contribution in [-0.2, 0) is 4.79 Å². The number of ether oxygens (including phenoxy) is 1. The van der Waals surface area contributed by atoms with Gasteiger partial charge >= 0.3 is 0 Å². The van der Waals surface area contributed by atoms with Crippen LogP contribution in [-0.4, -0.2) is 28.7 Å². The molecule has 4 aromatic rings. The maximum Gasteiger partial charge on any atom is 0.236 e. The quantitative estimate of drug-likeness (QED) is 0.318. The molecule has 1 amide bonds. The maximum atomic E-state index is 12.3. The van der Waals surface area contributed by atoms with E-state index in [2.05, 4.69) is 15.3 Å². The van der Waals surface area contributed by atoms with Gasteiger partial charge in [-0.2, -0.15) is 0 Å². The highest BCUT2D eigenvalue weighted by atomic mass is 35.5. The number of hydrogen-bond acceptors (Lipinski definition) is 7. The molecule has 152 valence electrons. The summed E-state index contributed by atoms with van der Waals surface area (Å²) in [6.07, 6.45) is 0. The van der Waals surface area contributed by atoms with Gasteiger partial charge in [0.05, 0.1) is 24.3 Å². The number of nitrogens with zero attached hydrogens (tertiary/aromatic N) is 2. The van der Waals surface area contributed by atoms with Gasteiger partial charge in [0.2, 0.25) is 5.91 Å². The van der Waals surface area contributed by atoms with E-state index < -0.39 is 0 Å². The third kappa shape index (κ3) is 5.20. The van der Waals surface area contributed by atoms with E-state index >= 15 is 0 Å². The topological polar surface area (TPSA) is 64.1 Å². The first-order chi connectivity index (χ1) is 14.6. The molecule has 5 nitrogen and oxygen atoms in total. The first-order valence-electron chi connectivity index (χ1n) is 8.85. The molecule has 0 aliphatic heterocycles. The van der Waals surface area contributed by atoms with Gasteiger partial charge in [-0.1, -0.05) is 35.5 Å². The molecular formula is C21H16ClN3O2S3. The molecule has 1 N–H and O–H groups in total. The number of halogens is 1. The van der Waals surface area contributed by atoms with Crippen LogP contribution in [0, 0.1) is 0 Å². The first-order valence-corrected chi connectivity index (χ1v) is 12.0. The molecule has 0 bridgehead atoms. The highest BCUT2D eigenvalue weighted by Gasteiger charge is 2.11. The molecule has 0 atom stereocenters.